The second kappa shape index (κ2) is 8.56. The number of fused-ring (bicyclic) bond motifs is 1. The third kappa shape index (κ3) is 4.46. The predicted molar refractivity (Wildman–Crippen MR) is 101 cm³/mol. The van der Waals surface area contributed by atoms with E-state index in [1.165, 1.54) is 37.0 Å². The molecule has 1 aliphatic rings. The minimum absolute atomic E-state index is 0.00344. The molecule has 1 aromatic carbocycles. The normalized spacial score (nSPS) is 15.4. The fraction of sp³-hybridized carbons (Fsp3) is 0.500. The van der Waals surface area contributed by atoms with Gasteiger partial charge in [0.1, 0.15) is 0 Å². The fourth-order valence-corrected chi connectivity index (χ4v) is 4.46. The van der Waals surface area contributed by atoms with Crippen molar-refractivity contribution >= 4 is 28.5 Å². The van der Waals surface area contributed by atoms with Crippen molar-refractivity contribution in [1.29, 1.82) is 0 Å². The van der Waals surface area contributed by atoms with Crippen LogP contribution in [-0.4, -0.2) is 27.9 Å². The quantitative estimate of drug-likeness (QED) is 0.558. The Kier molecular flexibility index (Phi) is 6.19. The van der Waals surface area contributed by atoms with E-state index < -0.39 is 5.97 Å². The summed E-state index contributed by atoms with van der Waals surface area (Å²) in [6, 6.07) is 5.95. The summed E-state index contributed by atoms with van der Waals surface area (Å²) in [6.07, 6.45) is 9.94. The summed E-state index contributed by atoms with van der Waals surface area (Å²) in [7, 11) is 0. The van der Waals surface area contributed by atoms with Crippen LogP contribution in [-0.2, 0) is 4.74 Å². The van der Waals surface area contributed by atoms with E-state index in [9.17, 15) is 9.90 Å². The van der Waals surface area contributed by atoms with Gasteiger partial charge in [0.2, 0.25) is 0 Å². The zero-order valence-corrected chi connectivity index (χ0v) is 15.5. The Balaban J connectivity index is 1.77. The molecule has 25 heavy (non-hydrogen) atoms. The highest BCUT2D eigenvalue weighted by atomic mass is 32.2. The van der Waals surface area contributed by atoms with Gasteiger partial charge in [0, 0.05) is 27.1 Å². The van der Waals surface area contributed by atoms with Crippen molar-refractivity contribution in [3.8, 4) is 5.75 Å². The van der Waals surface area contributed by atoms with Crippen LogP contribution in [0.2, 0.25) is 0 Å². The number of benzene rings is 1. The summed E-state index contributed by atoms with van der Waals surface area (Å²) in [4.78, 5) is 17.4. The van der Waals surface area contributed by atoms with E-state index in [4.69, 9.17) is 4.74 Å². The summed E-state index contributed by atoms with van der Waals surface area (Å²) in [6.45, 7) is 2.38. The van der Waals surface area contributed by atoms with E-state index >= 15 is 0 Å². The van der Waals surface area contributed by atoms with Gasteiger partial charge in [-0.2, -0.15) is 0 Å². The van der Waals surface area contributed by atoms with Gasteiger partial charge in [-0.25, -0.2) is 9.78 Å². The van der Waals surface area contributed by atoms with Crippen LogP contribution in [0.5, 0.6) is 5.75 Å². The van der Waals surface area contributed by atoms with Gasteiger partial charge < -0.3 is 9.84 Å². The van der Waals surface area contributed by atoms with Crippen LogP contribution in [0, 0.1) is 0 Å². The number of ether oxygens (including phenoxy) is 1. The van der Waals surface area contributed by atoms with Crippen molar-refractivity contribution in [1.82, 2.24) is 4.98 Å². The van der Waals surface area contributed by atoms with Crippen LogP contribution in [0.15, 0.2) is 29.3 Å². The maximum atomic E-state index is 12.1. The van der Waals surface area contributed by atoms with Crippen LogP contribution in [0.3, 0.4) is 0 Å². The zero-order chi connectivity index (χ0) is 17.6. The molecule has 0 spiro atoms. The summed E-state index contributed by atoms with van der Waals surface area (Å²) in [5, 5.41) is 12.6. The largest absolute Gasteiger partial charge is 0.505 e. The number of hydrogen-bond acceptors (Lipinski definition) is 5. The van der Waals surface area contributed by atoms with Crippen LogP contribution < -0.4 is 0 Å². The average molecular weight is 359 g/mol. The number of nitrogens with zero attached hydrogens (tertiary/aromatic N) is 1. The van der Waals surface area contributed by atoms with E-state index in [1.807, 2.05) is 36.9 Å². The Labute approximate surface area is 153 Å². The van der Waals surface area contributed by atoms with Gasteiger partial charge in [0.15, 0.2) is 11.4 Å². The lowest BCUT2D eigenvalue weighted by Gasteiger charge is -2.21. The molecule has 0 bridgehead atoms. The first-order valence-electron chi connectivity index (χ1n) is 9.14. The Morgan fingerprint density at radius 2 is 2.12 bits per heavy atom. The van der Waals surface area contributed by atoms with Crippen molar-refractivity contribution in [2.75, 3.05) is 6.61 Å². The first-order valence-corrected chi connectivity index (χ1v) is 10.0. The van der Waals surface area contributed by atoms with E-state index in [1.54, 1.807) is 6.20 Å². The molecular weight excluding hydrogens is 334 g/mol. The zero-order valence-electron chi connectivity index (χ0n) is 14.7. The number of thioether (sulfide) groups is 1. The van der Waals surface area contributed by atoms with Crippen molar-refractivity contribution in [2.45, 2.75) is 62.0 Å². The molecule has 1 fully saturated rings. The van der Waals surface area contributed by atoms with E-state index in [0.717, 1.165) is 18.2 Å². The predicted octanol–water partition coefficient (Wildman–Crippen LogP) is 5.32. The Bertz CT molecular complexity index is 741. The van der Waals surface area contributed by atoms with Gasteiger partial charge in [-0.3, -0.25) is 0 Å². The molecule has 0 amide bonds. The van der Waals surface area contributed by atoms with Crippen LogP contribution in [0.4, 0.5) is 0 Å². The first-order chi connectivity index (χ1) is 12.2. The lowest BCUT2D eigenvalue weighted by Crippen LogP contribution is -2.09. The summed E-state index contributed by atoms with van der Waals surface area (Å²) in [5.41, 5.74) is -0.00344. The lowest BCUT2D eigenvalue weighted by molar-refractivity contribution is 0.0489. The van der Waals surface area contributed by atoms with Gasteiger partial charge in [0.05, 0.1) is 6.61 Å². The maximum absolute atomic E-state index is 12.1. The molecule has 1 heterocycles. The van der Waals surface area contributed by atoms with Crippen molar-refractivity contribution in [2.24, 2.45) is 0 Å². The number of carbonyl (C=O) groups excluding carboxylic acids is 1. The second-order valence-electron chi connectivity index (χ2n) is 6.57. The molecule has 3 rings (SSSR count). The highest BCUT2D eigenvalue weighted by molar-refractivity contribution is 8.00. The minimum atomic E-state index is -0.562. The minimum Gasteiger partial charge on any atom is -0.505 e. The molecule has 0 atom stereocenters. The number of rotatable bonds is 6. The molecule has 2 aromatic rings. The first kappa shape index (κ1) is 18.1. The van der Waals surface area contributed by atoms with Gasteiger partial charge in [-0.05, 0) is 37.5 Å². The topological polar surface area (TPSA) is 59.4 Å². The van der Waals surface area contributed by atoms with E-state index in [2.05, 4.69) is 4.98 Å². The SMILES string of the molecule is CCCCOC(=O)c1ncc2cc(SC3CCCCC3)ccc2c1O. The third-order valence-corrected chi connectivity index (χ3v) is 5.95. The van der Waals surface area contributed by atoms with Crippen LogP contribution in [0.1, 0.15) is 62.4 Å². The number of esters is 1. The highest BCUT2D eigenvalue weighted by Gasteiger charge is 2.18. The van der Waals surface area contributed by atoms with Crippen LogP contribution in [0.25, 0.3) is 10.8 Å². The van der Waals surface area contributed by atoms with Gasteiger partial charge in [-0.1, -0.05) is 32.6 Å². The number of carbonyl (C=O) groups is 1. The van der Waals surface area contributed by atoms with Crippen molar-refractivity contribution < 1.29 is 14.6 Å². The molecule has 0 saturated heterocycles. The second-order valence-corrected chi connectivity index (χ2v) is 7.95. The molecule has 0 radical (unpaired) electrons. The number of hydrogen-bond donors (Lipinski definition) is 1. The number of unbranched alkanes of at least 4 members (excludes halogenated alkanes) is 1. The molecule has 5 heteroatoms. The van der Waals surface area contributed by atoms with Gasteiger partial charge in [0.25, 0.3) is 0 Å². The summed E-state index contributed by atoms with van der Waals surface area (Å²) < 4.78 is 5.16. The molecule has 1 N–H and O–H groups in total. The van der Waals surface area contributed by atoms with Gasteiger partial charge >= 0.3 is 5.97 Å². The van der Waals surface area contributed by atoms with Crippen LogP contribution >= 0.6 is 11.8 Å². The number of aromatic hydroxyl groups is 1. The fourth-order valence-electron chi connectivity index (χ4n) is 3.16. The Morgan fingerprint density at radius 3 is 2.88 bits per heavy atom. The molecule has 1 aliphatic carbocycles. The molecule has 1 saturated carbocycles. The highest BCUT2D eigenvalue weighted by Crippen LogP contribution is 2.36. The Morgan fingerprint density at radius 1 is 1.32 bits per heavy atom. The van der Waals surface area contributed by atoms with E-state index in [-0.39, 0.29) is 11.4 Å². The smallest absolute Gasteiger partial charge is 0.360 e. The maximum Gasteiger partial charge on any atom is 0.360 e. The lowest BCUT2D eigenvalue weighted by atomic mass is 10.0. The number of aromatic nitrogens is 1. The number of pyridine rings is 1. The van der Waals surface area contributed by atoms with Gasteiger partial charge in [-0.15, -0.1) is 11.8 Å². The average Bonchev–Trinajstić information content (AvgIpc) is 2.63. The molecule has 134 valence electrons. The molecule has 0 aliphatic heterocycles. The van der Waals surface area contributed by atoms with Crippen molar-refractivity contribution in [3.05, 3.63) is 30.1 Å². The molecule has 0 unspecified atom stereocenters. The third-order valence-electron chi connectivity index (χ3n) is 4.61. The molecule has 4 nitrogen and oxygen atoms in total. The summed E-state index contributed by atoms with van der Waals surface area (Å²) >= 11 is 1.91. The molecule has 1 aromatic heterocycles. The monoisotopic (exact) mass is 359 g/mol. The standard InChI is InChI=1S/C20H25NO3S/c1-2-3-11-24-20(23)18-19(22)17-10-9-16(12-14(17)13-21-18)25-15-7-5-4-6-8-15/h9-10,12-13,15,22H,2-8,11H2,1H3. The molecular formula is C20H25NO3S. The summed E-state index contributed by atoms with van der Waals surface area (Å²) in [5.74, 6) is -0.651. The van der Waals surface area contributed by atoms with Crippen molar-refractivity contribution in [3.63, 3.8) is 0 Å². The van der Waals surface area contributed by atoms with E-state index in [0.29, 0.717) is 17.2 Å². The Hall–Kier alpha value is -1.75.